The van der Waals surface area contributed by atoms with Gasteiger partial charge in [0.2, 0.25) is 0 Å². The number of ether oxygens (including phenoxy) is 1. The van der Waals surface area contributed by atoms with Crippen LogP contribution in [-0.2, 0) is 13.0 Å². The molecule has 7 heteroatoms. The van der Waals surface area contributed by atoms with Crippen LogP contribution in [0.2, 0.25) is 0 Å². The van der Waals surface area contributed by atoms with Gasteiger partial charge in [-0.25, -0.2) is 8.78 Å². The fraction of sp³-hybridized carbons (Fsp3) is 0.136. The minimum absolute atomic E-state index is 0. The summed E-state index contributed by atoms with van der Waals surface area (Å²) in [6.45, 7) is 0.306. The van der Waals surface area contributed by atoms with E-state index >= 15 is 0 Å². The highest BCUT2D eigenvalue weighted by atomic mass is 127. The van der Waals surface area contributed by atoms with Crippen molar-refractivity contribution < 1.29 is 18.3 Å². The fourth-order valence-electron chi connectivity index (χ4n) is 2.87. The monoisotopic (exact) mass is 510 g/mol. The van der Waals surface area contributed by atoms with Gasteiger partial charge in [0.25, 0.3) is 5.91 Å². The third-order valence-electron chi connectivity index (χ3n) is 4.15. The molecule has 0 spiro atoms. The highest BCUT2D eigenvalue weighted by Crippen LogP contribution is 2.31. The van der Waals surface area contributed by atoms with E-state index in [1.807, 2.05) is 28.7 Å². The second-order valence-corrected chi connectivity index (χ2v) is 7.41. The lowest BCUT2D eigenvalue weighted by Crippen LogP contribution is -2.16. The quantitative estimate of drug-likeness (QED) is 0.451. The first-order chi connectivity index (χ1) is 13.4. The van der Waals surface area contributed by atoms with Crippen molar-refractivity contribution in [2.75, 3.05) is 0 Å². The Labute approximate surface area is 182 Å². The van der Waals surface area contributed by atoms with Crippen molar-refractivity contribution in [3.63, 3.8) is 0 Å². The third kappa shape index (κ3) is 5.51. The lowest BCUT2D eigenvalue weighted by Gasteiger charge is -2.15. The van der Waals surface area contributed by atoms with Crippen molar-refractivity contribution in [3.05, 3.63) is 92.1 Å². The largest absolute Gasteiger partial charge is 0.456 e. The minimum Gasteiger partial charge on any atom is -0.456 e. The molecule has 0 aliphatic heterocycles. The number of benzene rings is 3. The summed E-state index contributed by atoms with van der Waals surface area (Å²) in [5.41, 5.74) is 12.6. The van der Waals surface area contributed by atoms with Crippen LogP contribution in [0.15, 0.2) is 54.6 Å². The van der Waals surface area contributed by atoms with Crippen LogP contribution in [0.3, 0.4) is 0 Å². The molecule has 29 heavy (non-hydrogen) atoms. The van der Waals surface area contributed by atoms with Crippen LogP contribution in [0.5, 0.6) is 11.5 Å². The molecule has 0 aromatic heterocycles. The molecular formula is C22H21F2IN2O2. The van der Waals surface area contributed by atoms with E-state index in [9.17, 15) is 13.6 Å². The Kier molecular flexibility index (Phi) is 7.69. The van der Waals surface area contributed by atoms with Crippen molar-refractivity contribution in [1.82, 2.24) is 0 Å². The van der Waals surface area contributed by atoms with Crippen LogP contribution in [-0.4, -0.2) is 5.91 Å². The molecule has 0 heterocycles. The Bertz CT molecular complexity index is 1040. The molecule has 3 aromatic rings. The smallest absolute Gasteiger partial charge is 0.252 e. The molecule has 4 N–H and O–H groups in total. The molecule has 0 unspecified atom stereocenters. The van der Waals surface area contributed by atoms with Gasteiger partial charge in [-0.15, -0.1) is 0 Å². The van der Waals surface area contributed by atoms with E-state index in [0.717, 1.165) is 15.2 Å². The first-order valence-corrected chi connectivity index (χ1v) is 9.48. The van der Waals surface area contributed by atoms with E-state index in [1.54, 1.807) is 30.3 Å². The van der Waals surface area contributed by atoms with Crippen LogP contribution in [0.4, 0.5) is 8.78 Å². The van der Waals surface area contributed by atoms with E-state index in [2.05, 4.69) is 0 Å². The summed E-state index contributed by atoms with van der Waals surface area (Å²) in [5, 5.41) is 0. The van der Waals surface area contributed by atoms with E-state index in [0.29, 0.717) is 17.9 Å². The van der Waals surface area contributed by atoms with Gasteiger partial charge in [0.1, 0.15) is 23.1 Å². The predicted molar refractivity (Wildman–Crippen MR) is 118 cm³/mol. The Morgan fingerprint density at radius 1 is 1.03 bits per heavy atom. The SMILES string of the molecule is C.NCc1cccc(Oc2cc(F)cc(Cc3ccc(I)cc3F)c2C(N)=O)c1. The van der Waals surface area contributed by atoms with E-state index < -0.39 is 17.5 Å². The molecule has 4 nitrogen and oxygen atoms in total. The molecule has 3 aromatic carbocycles. The molecule has 0 aliphatic rings. The lowest BCUT2D eigenvalue weighted by atomic mass is 9.98. The van der Waals surface area contributed by atoms with Crippen molar-refractivity contribution in [2.45, 2.75) is 20.4 Å². The Morgan fingerprint density at radius 2 is 1.79 bits per heavy atom. The third-order valence-corrected chi connectivity index (χ3v) is 4.82. The molecule has 0 aliphatic carbocycles. The molecule has 0 bridgehead atoms. The fourth-order valence-corrected chi connectivity index (χ4v) is 3.32. The van der Waals surface area contributed by atoms with Gasteiger partial charge >= 0.3 is 0 Å². The van der Waals surface area contributed by atoms with Gasteiger partial charge in [0, 0.05) is 22.6 Å². The average Bonchev–Trinajstić information content (AvgIpc) is 2.63. The number of amides is 1. The van der Waals surface area contributed by atoms with Gasteiger partial charge in [0.15, 0.2) is 0 Å². The molecule has 3 rings (SSSR count). The zero-order valence-corrected chi connectivity index (χ0v) is 16.9. The number of rotatable bonds is 6. The van der Waals surface area contributed by atoms with Gasteiger partial charge in [-0.1, -0.05) is 25.6 Å². The minimum atomic E-state index is -0.786. The number of primary amides is 1. The van der Waals surface area contributed by atoms with Crippen molar-refractivity contribution >= 4 is 28.5 Å². The van der Waals surface area contributed by atoms with E-state index in [1.165, 1.54) is 12.1 Å². The number of halogens is 3. The van der Waals surface area contributed by atoms with Crippen molar-refractivity contribution in [2.24, 2.45) is 11.5 Å². The molecular weight excluding hydrogens is 489 g/mol. The number of hydrogen-bond donors (Lipinski definition) is 2. The highest BCUT2D eigenvalue weighted by Gasteiger charge is 2.19. The summed E-state index contributed by atoms with van der Waals surface area (Å²) in [6.07, 6.45) is -0.00200. The zero-order chi connectivity index (χ0) is 20.3. The number of carbonyl (C=O) groups excluding carboxylic acids is 1. The van der Waals surface area contributed by atoms with E-state index in [4.69, 9.17) is 16.2 Å². The first kappa shape index (κ1) is 22.8. The summed E-state index contributed by atoms with van der Waals surface area (Å²) < 4.78 is 34.9. The summed E-state index contributed by atoms with van der Waals surface area (Å²) in [5.74, 6) is -1.48. The molecule has 0 saturated heterocycles. The lowest BCUT2D eigenvalue weighted by molar-refractivity contribution is 0.0997. The normalized spacial score (nSPS) is 10.3. The van der Waals surface area contributed by atoms with E-state index in [-0.39, 0.29) is 30.7 Å². The first-order valence-electron chi connectivity index (χ1n) is 8.40. The van der Waals surface area contributed by atoms with Crippen LogP contribution in [0, 0.1) is 15.2 Å². The Hall–Kier alpha value is -2.52. The van der Waals surface area contributed by atoms with Gasteiger partial charge in [-0.3, -0.25) is 4.79 Å². The maximum absolute atomic E-state index is 14.2. The van der Waals surface area contributed by atoms with Crippen LogP contribution < -0.4 is 16.2 Å². The second-order valence-electron chi connectivity index (χ2n) is 6.17. The number of hydrogen-bond acceptors (Lipinski definition) is 3. The molecule has 0 fully saturated rings. The summed E-state index contributed by atoms with van der Waals surface area (Å²) >= 11 is 2.00. The van der Waals surface area contributed by atoms with Crippen LogP contribution in [0.1, 0.15) is 34.5 Å². The Balaban J connectivity index is 0.00000300. The van der Waals surface area contributed by atoms with Gasteiger partial charge in [-0.05, 0) is 69.6 Å². The summed E-state index contributed by atoms with van der Waals surface area (Å²) in [7, 11) is 0. The van der Waals surface area contributed by atoms with Gasteiger partial charge in [-0.2, -0.15) is 0 Å². The summed E-state index contributed by atoms with van der Waals surface area (Å²) in [4.78, 5) is 12.1. The van der Waals surface area contributed by atoms with Crippen molar-refractivity contribution in [1.29, 1.82) is 0 Å². The standard InChI is InChI=1S/C21H17F2IN2O2.CH4/c22-15-8-14(7-13-4-5-16(24)10-18(13)23)20(21(26)27)19(9-15)28-17-3-1-2-12(6-17)11-25;/h1-6,8-10H,7,11,25H2,(H2,26,27);1H4. The molecule has 1 amide bonds. The second kappa shape index (κ2) is 9.80. The Morgan fingerprint density at radius 3 is 2.45 bits per heavy atom. The van der Waals surface area contributed by atoms with Gasteiger partial charge in [0.05, 0.1) is 5.56 Å². The van der Waals surface area contributed by atoms with Crippen LogP contribution in [0.25, 0.3) is 0 Å². The van der Waals surface area contributed by atoms with Crippen LogP contribution >= 0.6 is 22.6 Å². The molecule has 0 saturated carbocycles. The van der Waals surface area contributed by atoms with Crippen molar-refractivity contribution in [3.8, 4) is 11.5 Å². The molecule has 0 radical (unpaired) electrons. The summed E-state index contributed by atoms with van der Waals surface area (Å²) in [6, 6.07) is 13.9. The predicted octanol–water partition coefficient (Wildman–Crippen LogP) is 5.15. The number of carbonyl (C=O) groups is 1. The molecule has 152 valence electrons. The molecule has 0 atom stereocenters. The number of nitrogens with two attached hydrogens (primary N) is 2. The maximum Gasteiger partial charge on any atom is 0.252 e. The van der Waals surface area contributed by atoms with Gasteiger partial charge < -0.3 is 16.2 Å². The average molecular weight is 510 g/mol. The topological polar surface area (TPSA) is 78.3 Å². The zero-order valence-electron chi connectivity index (χ0n) is 14.7. The highest BCUT2D eigenvalue weighted by molar-refractivity contribution is 14.1. The maximum atomic E-state index is 14.2.